The van der Waals surface area contributed by atoms with Gasteiger partial charge in [0.15, 0.2) is 5.96 Å². The highest BCUT2D eigenvalue weighted by Gasteiger charge is 2.27. The van der Waals surface area contributed by atoms with E-state index in [4.69, 9.17) is 17.2 Å². The van der Waals surface area contributed by atoms with Gasteiger partial charge in [-0.25, -0.2) is 4.79 Å². The number of carboxylic acids is 1. The van der Waals surface area contributed by atoms with Crippen molar-refractivity contribution in [2.45, 2.75) is 18.4 Å². The summed E-state index contributed by atoms with van der Waals surface area (Å²) in [6.45, 7) is 0.0254. The molecule has 1 unspecified atom stereocenters. The standard InChI is InChI=1S/C20H23N5O4/c21-17(26)15-9-5-4-8-14(15)13(11-24-20(22)23)10-16(19(28)29)25-18(27)12-6-2-1-3-7-12/h1-9,13,16H,10-11H2,(H2,21,26)(H,25,27)(H,28,29)(H4,22,23,24)/t13?,16-/m0/s1. The lowest BCUT2D eigenvalue weighted by Gasteiger charge is -2.22. The third-order valence-electron chi connectivity index (χ3n) is 4.32. The molecule has 0 aromatic heterocycles. The summed E-state index contributed by atoms with van der Waals surface area (Å²) in [6, 6.07) is 13.6. The van der Waals surface area contributed by atoms with Crippen molar-refractivity contribution in [3.05, 3.63) is 71.3 Å². The van der Waals surface area contributed by atoms with Crippen molar-refractivity contribution in [2.75, 3.05) is 6.54 Å². The number of benzene rings is 2. The molecule has 2 atom stereocenters. The van der Waals surface area contributed by atoms with E-state index in [-0.39, 0.29) is 24.5 Å². The van der Waals surface area contributed by atoms with E-state index in [1.807, 2.05) is 0 Å². The fourth-order valence-corrected chi connectivity index (χ4v) is 2.93. The highest BCUT2D eigenvalue weighted by Crippen LogP contribution is 2.26. The van der Waals surface area contributed by atoms with Crippen LogP contribution in [0.1, 0.15) is 38.6 Å². The minimum Gasteiger partial charge on any atom is -0.480 e. The normalized spacial score (nSPS) is 12.4. The van der Waals surface area contributed by atoms with Gasteiger partial charge in [0, 0.05) is 23.6 Å². The zero-order chi connectivity index (χ0) is 21.4. The minimum atomic E-state index is -1.23. The topological polar surface area (TPSA) is 174 Å². The van der Waals surface area contributed by atoms with Crippen LogP contribution in [0.3, 0.4) is 0 Å². The first-order chi connectivity index (χ1) is 13.8. The van der Waals surface area contributed by atoms with Crippen LogP contribution in [0.4, 0.5) is 0 Å². The second-order valence-corrected chi connectivity index (χ2v) is 6.38. The van der Waals surface area contributed by atoms with Gasteiger partial charge in [0.2, 0.25) is 5.91 Å². The van der Waals surface area contributed by atoms with Crippen LogP contribution in [0.25, 0.3) is 0 Å². The summed E-state index contributed by atoms with van der Waals surface area (Å²) >= 11 is 0. The van der Waals surface area contributed by atoms with Gasteiger partial charge in [0.05, 0.1) is 0 Å². The molecule has 0 aliphatic heterocycles. The molecule has 0 saturated heterocycles. The van der Waals surface area contributed by atoms with Crippen LogP contribution >= 0.6 is 0 Å². The van der Waals surface area contributed by atoms with Crippen LogP contribution in [0.15, 0.2) is 59.6 Å². The molecule has 0 aliphatic carbocycles. The number of carbonyl (C=O) groups excluding carboxylic acids is 2. The summed E-state index contributed by atoms with van der Waals surface area (Å²) in [7, 11) is 0. The third kappa shape index (κ3) is 6.06. The second-order valence-electron chi connectivity index (χ2n) is 6.38. The van der Waals surface area contributed by atoms with Crippen molar-refractivity contribution >= 4 is 23.7 Å². The van der Waals surface area contributed by atoms with E-state index in [1.54, 1.807) is 54.6 Å². The Balaban J connectivity index is 2.32. The minimum absolute atomic E-state index is 0.0254. The molecule has 0 aliphatic rings. The molecule has 0 bridgehead atoms. The van der Waals surface area contributed by atoms with Gasteiger partial charge >= 0.3 is 5.97 Å². The predicted octanol–water partition coefficient (Wildman–Crippen LogP) is 0.416. The first kappa shape index (κ1) is 21.4. The number of hydrogen-bond acceptors (Lipinski definition) is 4. The number of primary amides is 1. The Morgan fingerprint density at radius 2 is 1.59 bits per heavy atom. The molecule has 8 N–H and O–H groups in total. The van der Waals surface area contributed by atoms with Crippen LogP contribution in [0, 0.1) is 0 Å². The van der Waals surface area contributed by atoms with E-state index in [0.717, 1.165) is 0 Å². The molecule has 0 radical (unpaired) electrons. The van der Waals surface area contributed by atoms with Crippen molar-refractivity contribution in [3.8, 4) is 0 Å². The molecule has 2 aromatic carbocycles. The van der Waals surface area contributed by atoms with Crippen molar-refractivity contribution in [3.63, 3.8) is 0 Å². The van der Waals surface area contributed by atoms with E-state index in [0.29, 0.717) is 11.1 Å². The van der Waals surface area contributed by atoms with Gasteiger partial charge in [-0.3, -0.25) is 14.6 Å². The third-order valence-corrected chi connectivity index (χ3v) is 4.32. The summed E-state index contributed by atoms with van der Waals surface area (Å²) in [6.07, 6.45) is -0.0466. The number of nitrogens with zero attached hydrogens (tertiary/aromatic N) is 1. The van der Waals surface area contributed by atoms with E-state index in [1.165, 1.54) is 0 Å². The van der Waals surface area contributed by atoms with Crippen molar-refractivity contribution < 1.29 is 19.5 Å². The molecule has 29 heavy (non-hydrogen) atoms. The Labute approximate surface area is 167 Å². The average molecular weight is 397 g/mol. The lowest BCUT2D eigenvalue weighted by molar-refractivity contribution is -0.139. The van der Waals surface area contributed by atoms with E-state index < -0.39 is 29.7 Å². The fourth-order valence-electron chi connectivity index (χ4n) is 2.93. The smallest absolute Gasteiger partial charge is 0.326 e. The summed E-state index contributed by atoms with van der Waals surface area (Å²) in [5.74, 6) is -3.15. The van der Waals surface area contributed by atoms with Crippen LogP contribution < -0.4 is 22.5 Å². The molecule has 0 saturated carbocycles. The maximum absolute atomic E-state index is 12.4. The first-order valence-electron chi connectivity index (χ1n) is 8.82. The molecule has 0 fully saturated rings. The number of aliphatic imine (C=N–C) groups is 1. The number of guanidine groups is 1. The largest absolute Gasteiger partial charge is 0.480 e. The van der Waals surface area contributed by atoms with Gasteiger partial charge in [0.1, 0.15) is 6.04 Å². The number of nitrogens with one attached hydrogen (secondary N) is 1. The van der Waals surface area contributed by atoms with Crippen LogP contribution in [-0.4, -0.2) is 41.4 Å². The summed E-state index contributed by atoms with van der Waals surface area (Å²) < 4.78 is 0. The van der Waals surface area contributed by atoms with Crippen LogP contribution in [0.2, 0.25) is 0 Å². The molecule has 0 spiro atoms. The van der Waals surface area contributed by atoms with E-state index in [2.05, 4.69) is 10.3 Å². The first-order valence-corrected chi connectivity index (χ1v) is 8.82. The lowest BCUT2D eigenvalue weighted by Crippen LogP contribution is -2.42. The van der Waals surface area contributed by atoms with Crippen LogP contribution in [-0.2, 0) is 4.79 Å². The second kappa shape index (κ2) is 9.88. The molecule has 152 valence electrons. The predicted molar refractivity (Wildman–Crippen MR) is 108 cm³/mol. The number of aliphatic carboxylic acids is 1. The Kier molecular flexibility index (Phi) is 7.30. The number of nitrogens with two attached hydrogens (primary N) is 3. The van der Waals surface area contributed by atoms with Gasteiger partial charge in [-0.15, -0.1) is 0 Å². The quantitative estimate of drug-likeness (QED) is 0.303. The number of hydrogen-bond donors (Lipinski definition) is 5. The molecule has 2 amide bonds. The van der Waals surface area contributed by atoms with Crippen molar-refractivity contribution in [2.24, 2.45) is 22.2 Å². The summed E-state index contributed by atoms with van der Waals surface area (Å²) in [5.41, 5.74) is 17.3. The van der Waals surface area contributed by atoms with Crippen molar-refractivity contribution in [1.82, 2.24) is 5.32 Å². The Morgan fingerprint density at radius 3 is 2.17 bits per heavy atom. The average Bonchev–Trinajstić information content (AvgIpc) is 2.70. The Morgan fingerprint density at radius 1 is 0.966 bits per heavy atom. The Hall–Kier alpha value is -3.88. The summed E-state index contributed by atoms with van der Waals surface area (Å²) in [4.78, 5) is 40.0. The molecule has 2 rings (SSSR count). The van der Waals surface area contributed by atoms with Gasteiger partial charge in [-0.1, -0.05) is 36.4 Å². The summed E-state index contributed by atoms with van der Waals surface area (Å²) in [5, 5.41) is 12.1. The van der Waals surface area contributed by atoms with Crippen LogP contribution in [0.5, 0.6) is 0 Å². The molecular formula is C20H23N5O4. The molecule has 0 heterocycles. The maximum Gasteiger partial charge on any atom is 0.326 e. The molecular weight excluding hydrogens is 374 g/mol. The van der Waals surface area contributed by atoms with Gasteiger partial charge in [-0.2, -0.15) is 0 Å². The molecule has 9 nitrogen and oxygen atoms in total. The zero-order valence-electron chi connectivity index (χ0n) is 15.6. The Bertz CT molecular complexity index is 910. The van der Waals surface area contributed by atoms with Gasteiger partial charge < -0.3 is 27.6 Å². The number of carbonyl (C=O) groups is 3. The number of amides is 2. The highest BCUT2D eigenvalue weighted by molar-refractivity contribution is 5.96. The SMILES string of the molecule is NC(=O)c1ccccc1C(CN=C(N)N)C[C@H](NC(=O)c1ccccc1)C(=O)O. The zero-order valence-corrected chi connectivity index (χ0v) is 15.6. The van der Waals surface area contributed by atoms with E-state index in [9.17, 15) is 19.5 Å². The highest BCUT2D eigenvalue weighted by atomic mass is 16.4. The van der Waals surface area contributed by atoms with Gasteiger partial charge in [-0.05, 0) is 30.2 Å². The number of carboxylic acid groups (broad SMARTS) is 1. The van der Waals surface area contributed by atoms with Crippen molar-refractivity contribution in [1.29, 1.82) is 0 Å². The fraction of sp³-hybridized carbons (Fsp3) is 0.200. The molecule has 2 aromatic rings. The van der Waals surface area contributed by atoms with Gasteiger partial charge in [0.25, 0.3) is 5.91 Å². The maximum atomic E-state index is 12.4. The van der Waals surface area contributed by atoms with E-state index >= 15 is 0 Å². The molecule has 9 heteroatoms. The number of rotatable bonds is 9. The monoisotopic (exact) mass is 397 g/mol. The lowest BCUT2D eigenvalue weighted by atomic mass is 9.88.